The largest absolute Gasteiger partial charge is 0.481 e. The summed E-state index contributed by atoms with van der Waals surface area (Å²) in [5.74, 6) is -0.445. The monoisotopic (exact) mass is 353 g/mol. The lowest BCUT2D eigenvalue weighted by Crippen LogP contribution is -2.34. The van der Waals surface area contributed by atoms with Gasteiger partial charge in [0.1, 0.15) is 11.4 Å². The molecule has 0 radical (unpaired) electrons. The van der Waals surface area contributed by atoms with Crippen LogP contribution in [0.5, 0.6) is 5.88 Å². The van der Waals surface area contributed by atoms with Crippen molar-refractivity contribution in [3.8, 4) is 5.88 Å². The zero-order valence-electron chi connectivity index (χ0n) is 13.9. The summed E-state index contributed by atoms with van der Waals surface area (Å²) in [4.78, 5) is 32.9. The number of hydrogen-bond donors (Lipinski definition) is 2. The van der Waals surface area contributed by atoms with Gasteiger partial charge in [0.05, 0.1) is 23.8 Å². The lowest BCUT2D eigenvalue weighted by atomic mass is 10.2. The van der Waals surface area contributed by atoms with Crippen LogP contribution in [0.3, 0.4) is 0 Å². The summed E-state index contributed by atoms with van der Waals surface area (Å²) >= 11 is 1.22. The van der Waals surface area contributed by atoms with E-state index >= 15 is 0 Å². The normalized spacial score (nSPS) is 12.2. The molecule has 0 aliphatic carbocycles. The van der Waals surface area contributed by atoms with Gasteiger partial charge in [-0.15, -0.1) is 11.3 Å². The number of rotatable bonds is 7. The molecular weight excluding hydrogens is 334 g/mol. The molecule has 0 bridgehead atoms. The zero-order chi connectivity index (χ0) is 17.9. The lowest BCUT2D eigenvalue weighted by Gasteiger charge is -2.10. The van der Waals surface area contributed by atoms with E-state index in [0.717, 1.165) is 0 Å². The van der Waals surface area contributed by atoms with Gasteiger partial charge in [-0.25, -0.2) is 4.98 Å². The van der Waals surface area contributed by atoms with Gasteiger partial charge in [-0.1, -0.05) is 0 Å². The third kappa shape index (κ3) is 3.80. The molecule has 0 spiro atoms. The highest BCUT2D eigenvalue weighted by molar-refractivity contribution is 7.20. The summed E-state index contributed by atoms with van der Waals surface area (Å²) < 4.78 is 10.4. The molecule has 0 saturated carbocycles. The first-order valence-corrected chi connectivity index (χ1v) is 8.04. The van der Waals surface area contributed by atoms with Crippen LogP contribution >= 0.6 is 11.3 Å². The molecule has 2 N–H and O–H groups in total. The highest BCUT2D eigenvalue weighted by Gasteiger charge is 2.22. The van der Waals surface area contributed by atoms with Gasteiger partial charge >= 0.3 is 5.97 Å². The molecule has 0 fully saturated rings. The van der Waals surface area contributed by atoms with Crippen LogP contribution in [0.4, 0.5) is 0 Å². The Kier molecular flexibility index (Phi) is 5.68. The van der Waals surface area contributed by atoms with E-state index in [4.69, 9.17) is 14.6 Å². The number of carbonyl (C=O) groups excluding carboxylic acids is 1. The van der Waals surface area contributed by atoms with Crippen LogP contribution in [0.2, 0.25) is 0 Å². The second-order valence-corrected chi connectivity index (χ2v) is 6.29. The maximum Gasteiger partial charge on any atom is 0.305 e. The van der Waals surface area contributed by atoms with Crippen LogP contribution in [0.25, 0.3) is 10.2 Å². The summed E-state index contributed by atoms with van der Waals surface area (Å²) in [5.41, 5.74) is 0.704. The standard InChI is InChI=1S/C15H19N3O5S/c1-7(5-10(19)20)16-13(21)12-8(2)11-14(23-4)17-9(6-22-3)18-15(11)24-12/h7H,5-6H2,1-4H3,(H,16,21)(H,19,20). The molecule has 0 aliphatic rings. The Morgan fingerprint density at radius 1 is 1.33 bits per heavy atom. The van der Waals surface area contributed by atoms with Gasteiger partial charge in [-0.3, -0.25) is 9.59 Å². The third-order valence-electron chi connectivity index (χ3n) is 3.33. The van der Waals surface area contributed by atoms with Gasteiger partial charge in [0.25, 0.3) is 5.91 Å². The van der Waals surface area contributed by atoms with E-state index in [1.807, 2.05) is 0 Å². The van der Waals surface area contributed by atoms with Crippen LogP contribution in [-0.2, 0) is 16.1 Å². The Labute approximate surface area is 142 Å². The predicted octanol–water partition coefficient (Wildman–Crippen LogP) is 1.75. The zero-order valence-corrected chi connectivity index (χ0v) is 14.7. The van der Waals surface area contributed by atoms with Crippen molar-refractivity contribution in [3.05, 3.63) is 16.3 Å². The number of aromatic nitrogens is 2. The van der Waals surface area contributed by atoms with Crippen molar-refractivity contribution in [3.63, 3.8) is 0 Å². The molecule has 2 aromatic rings. The number of carbonyl (C=O) groups is 2. The van der Waals surface area contributed by atoms with Crippen molar-refractivity contribution in [2.24, 2.45) is 0 Å². The van der Waals surface area contributed by atoms with Gasteiger partial charge in [-0.2, -0.15) is 4.98 Å². The third-order valence-corrected chi connectivity index (χ3v) is 4.52. The van der Waals surface area contributed by atoms with Crippen molar-refractivity contribution in [2.45, 2.75) is 32.9 Å². The Morgan fingerprint density at radius 3 is 2.62 bits per heavy atom. The minimum absolute atomic E-state index is 0.142. The molecule has 1 atom stereocenters. The fourth-order valence-corrected chi connectivity index (χ4v) is 3.40. The Hall–Kier alpha value is -2.26. The molecule has 1 unspecified atom stereocenters. The van der Waals surface area contributed by atoms with E-state index in [9.17, 15) is 9.59 Å². The molecule has 130 valence electrons. The van der Waals surface area contributed by atoms with Crippen LogP contribution in [-0.4, -0.2) is 47.2 Å². The number of ether oxygens (including phenoxy) is 2. The van der Waals surface area contributed by atoms with E-state index in [0.29, 0.717) is 32.4 Å². The first-order chi connectivity index (χ1) is 11.4. The van der Waals surface area contributed by atoms with E-state index in [-0.39, 0.29) is 18.9 Å². The number of aryl methyl sites for hydroxylation is 1. The molecule has 9 heteroatoms. The molecule has 8 nitrogen and oxygen atoms in total. The Morgan fingerprint density at radius 2 is 2.04 bits per heavy atom. The number of thiophene rings is 1. The van der Waals surface area contributed by atoms with Crippen molar-refractivity contribution >= 4 is 33.4 Å². The number of amides is 1. The minimum Gasteiger partial charge on any atom is -0.481 e. The van der Waals surface area contributed by atoms with Gasteiger partial charge in [0.2, 0.25) is 5.88 Å². The smallest absolute Gasteiger partial charge is 0.305 e. The van der Waals surface area contributed by atoms with E-state index in [1.54, 1.807) is 21.0 Å². The second kappa shape index (κ2) is 7.54. The van der Waals surface area contributed by atoms with Crippen molar-refractivity contribution < 1.29 is 24.2 Å². The Balaban J connectivity index is 2.39. The van der Waals surface area contributed by atoms with Crippen LogP contribution in [0.15, 0.2) is 0 Å². The Bertz CT molecular complexity index is 774. The molecule has 2 aromatic heterocycles. The first kappa shape index (κ1) is 18.1. The molecule has 24 heavy (non-hydrogen) atoms. The van der Waals surface area contributed by atoms with Gasteiger partial charge in [0.15, 0.2) is 5.82 Å². The fraction of sp³-hybridized carbons (Fsp3) is 0.467. The quantitative estimate of drug-likeness (QED) is 0.780. The highest BCUT2D eigenvalue weighted by Crippen LogP contribution is 2.35. The fourth-order valence-electron chi connectivity index (χ4n) is 2.30. The summed E-state index contributed by atoms with van der Waals surface area (Å²) in [6.07, 6.45) is -0.142. The maximum absolute atomic E-state index is 12.4. The summed E-state index contributed by atoms with van der Waals surface area (Å²) in [6.45, 7) is 3.67. The number of hydrogen-bond acceptors (Lipinski definition) is 7. The predicted molar refractivity (Wildman–Crippen MR) is 88.6 cm³/mol. The van der Waals surface area contributed by atoms with Gasteiger partial charge in [-0.05, 0) is 19.4 Å². The molecule has 0 saturated heterocycles. The number of nitrogens with zero attached hydrogens (tertiary/aromatic N) is 2. The second-order valence-electron chi connectivity index (χ2n) is 5.29. The van der Waals surface area contributed by atoms with Crippen LogP contribution < -0.4 is 10.1 Å². The van der Waals surface area contributed by atoms with Gasteiger partial charge < -0.3 is 19.9 Å². The van der Waals surface area contributed by atoms with Crippen molar-refractivity contribution in [1.29, 1.82) is 0 Å². The molecule has 2 rings (SSSR count). The van der Waals surface area contributed by atoms with Crippen molar-refractivity contribution in [2.75, 3.05) is 14.2 Å². The lowest BCUT2D eigenvalue weighted by molar-refractivity contribution is -0.137. The highest BCUT2D eigenvalue weighted by atomic mass is 32.1. The molecule has 2 heterocycles. The molecule has 0 aliphatic heterocycles. The summed E-state index contributed by atoms with van der Waals surface area (Å²) in [6, 6.07) is -0.475. The number of methoxy groups -OCH3 is 2. The average Bonchev–Trinajstić information content (AvgIpc) is 2.83. The number of fused-ring (bicyclic) bond motifs is 1. The van der Waals surface area contributed by atoms with Crippen molar-refractivity contribution in [1.82, 2.24) is 15.3 Å². The summed E-state index contributed by atoms with van der Waals surface area (Å²) in [5, 5.41) is 12.2. The van der Waals surface area contributed by atoms with E-state index in [2.05, 4.69) is 15.3 Å². The number of aliphatic carboxylic acids is 1. The molecule has 1 amide bonds. The van der Waals surface area contributed by atoms with Gasteiger partial charge in [0, 0.05) is 13.2 Å². The number of nitrogens with one attached hydrogen (secondary N) is 1. The SMILES string of the molecule is COCc1nc(OC)c2c(C)c(C(=O)NC(C)CC(=O)O)sc2n1. The maximum atomic E-state index is 12.4. The van der Waals surface area contributed by atoms with E-state index in [1.165, 1.54) is 18.4 Å². The minimum atomic E-state index is -0.965. The van der Waals surface area contributed by atoms with Crippen LogP contribution in [0.1, 0.15) is 34.4 Å². The first-order valence-electron chi connectivity index (χ1n) is 7.23. The molecular formula is C15H19N3O5S. The summed E-state index contributed by atoms with van der Waals surface area (Å²) in [7, 11) is 3.05. The average molecular weight is 353 g/mol. The van der Waals surface area contributed by atoms with Crippen LogP contribution in [0, 0.1) is 6.92 Å². The number of carboxylic acids is 1. The number of carboxylic acid groups (broad SMARTS) is 1. The molecule has 0 aromatic carbocycles. The topological polar surface area (TPSA) is 111 Å². The van der Waals surface area contributed by atoms with E-state index < -0.39 is 12.0 Å².